The summed E-state index contributed by atoms with van der Waals surface area (Å²) >= 11 is 0. The molecular formula is C18H35IN4O2. The van der Waals surface area contributed by atoms with E-state index in [2.05, 4.69) is 29.0 Å². The zero-order chi connectivity index (χ0) is 17.4. The number of ether oxygens (including phenoxy) is 1. The van der Waals surface area contributed by atoms with Crippen molar-refractivity contribution in [2.45, 2.75) is 52.0 Å². The highest BCUT2D eigenvalue weighted by atomic mass is 127. The van der Waals surface area contributed by atoms with Gasteiger partial charge < -0.3 is 15.0 Å². The lowest BCUT2D eigenvalue weighted by Gasteiger charge is -2.34. The third-order valence-electron chi connectivity index (χ3n) is 5.25. The number of guanidine groups is 1. The summed E-state index contributed by atoms with van der Waals surface area (Å²) < 4.78 is 4.87. The van der Waals surface area contributed by atoms with Crippen LogP contribution in [0.25, 0.3) is 0 Å². The minimum absolute atomic E-state index is 0. The molecule has 2 heterocycles. The highest BCUT2D eigenvalue weighted by Gasteiger charge is 2.27. The predicted molar refractivity (Wildman–Crippen MR) is 113 cm³/mol. The van der Waals surface area contributed by atoms with Gasteiger partial charge in [0.15, 0.2) is 5.96 Å². The van der Waals surface area contributed by atoms with Crippen LogP contribution in [0.2, 0.25) is 0 Å². The third-order valence-corrected chi connectivity index (χ3v) is 5.25. The van der Waals surface area contributed by atoms with Crippen LogP contribution >= 0.6 is 24.0 Å². The highest BCUT2D eigenvalue weighted by molar-refractivity contribution is 14.0. The SMILES string of the molecule is CCNC(=NCCN1CCCCC1C)N1CCC(C(=O)OC)CC1.I. The molecule has 1 unspecified atom stereocenters. The Kier molecular flexibility index (Phi) is 10.7. The van der Waals surface area contributed by atoms with Crippen molar-refractivity contribution in [3.8, 4) is 0 Å². The predicted octanol–water partition coefficient (Wildman–Crippen LogP) is 2.33. The molecule has 2 fully saturated rings. The van der Waals surface area contributed by atoms with Gasteiger partial charge in [0.1, 0.15) is 0 Å². The molecule has 1 N–H and O–H groups in total. The van der Waals surface area contributed by atoms with Crippen LogP contribution in [0.3, 0.4) is 0 Å². The maximum Gasteiger partial charge on any atom is 0.308 e. The van der Waals surface area contributed by atoms with E-state index in [1.54, 1.807) is 0 Å². The molecule has 2 aliphatic heterocycles. The number of nitrogens with one attached hydrogen (secondary N) is 1. The number of carbonyl (C=O) groups excluding carboxylic acids is 1. The van der Waals surface area contributed by atoms with Crippen LogP contribution in [-0.4, -0.2) is 74.1 Å². The fraction of sp³-hybridized carbons (Fsp3) is 0.889. The Bertz CT molecular complexity index is 425. The molecule has 25 heavy (non-hydrogen) atoms. The van der Waals surface area contributed by atoms with Gasteiger partial charge in [-0.3, -0.25) is 14.7 Å². The van der Waals surface area contributed by atoms with Crippen molar-refractivity contribution in [1.29, 1.82) is 0 Å². The van der Waals surface area contributed by atoms with Crippen molar-refractivity contribution in [2.24, 2.45) is 10.9 Å². The molecule has 0 bridgehead atoms. The summed E-state index contributed by atoms with van der Waals surface area (Å²) in [7, 11) is 1.47. The number of likely N-dealkylation sites (tertiary alicyclic amines) is 2. The van der Waals surface area contributed by atoms with Crippen molar-refractivity contribution in [3.05, 3.63) is 0 Å². The van der Waals surface area contributed by atoms with E-state index in [1.165, 1.54) is 32.9 Å². The summed E-state index contributed by atoms with van der Waals surface area (Å²) in [6.07, 6.45) is 5.68. The zero-order valence-corrected chi connectivity index (χ0v) is 18.3. The molecule has 2 saturated heterocycles. The first-order chi connectivity index (χ1) is 11.7. The number of methoxy groups -OCH3 is 1. The van der Waals surface area contributed by atoms with Crippen LogP contribution in [0, 0.1) is 5.92 Å². The molecule has 7 heteroatoms. The number of carbonyl (C=O) groups is 1. The van der Waals surface area contributed by atoms with Gasteiger partial charge in [-0.2, -0.15) is 0 Å². The number of aliphatic imine (C=N–C) groups is 1. The molecular weight excluding hydrogens is 431 g/mol. The molecule has 0 radical (unpaired) electrons. The summed E-state index contributed by atoms with van der Waals surface area (Å²) in [6.45, 7) is 10.1. The largest absolute Gasteiger partial charge is 0.469 e. The molecule has 146 valence electrons. The summed E-state index contributed by atoms with van der Waals surface area (Å²) in [4.78, 5) is 21.3. The van der Waals surface area contributed by atoms with E-state index in [1.807, 2.05) is 0 Å². The van der Waals surface area contributed by atoms with E-state index in [0.717, 1.165) is 51.5 Å². The van der Waals surface area contributed by atoms with Crippen molar-refractivity contribution in [1.82, 2.24) is 15.1 Å². The topological polar surface area (TPSA) is 57.2 Å². The minimum atomic E-state index is -0.0734. The molecule has 0 saturated carbocycles. The van der Waals surface area contributed by atoms with Gasteiger partial charge in [0.25, 0.3) is 0 Å². The maximum atomic E-state index is 11.7. The molecule has 2 aliphatic rings. The number of esters is 1. The quantitative estimate of drug-likeness (QED) is 0.292. The number of piperidine rings is 2. The molecule has 0 aromatic rings. The summed E-state index contributed by atoms with van der Waals surface area (Å²) in [5.41, 5.74) is 0. The molecule has 0 spiro atoms. The number of nitrogens with zero attached hydrogens (tertiary/aromatic N) is 3. The minimum Gasteiger partial charge on any atom is -0.469 e. The molecule has 0 aliphatic carbocycles. The second-order valence-electron chi connectivity index (χ2n) is 6.90. The van der Waals surface area contributed by atoms with Gasteiger partial charge in [-0.15, -0.1) is 24.0 Å². The molecule has 6 nitrogen and oxygen atoms in total. The monoisotopic (exact) mass is 466 g/mol. The molecule has 1 atom stereocenters. The Labute approximate surface area is 169 Å². The van der Waals surface area contributed by atoms with E-state index in [9.17, 15) is 4.79 Å². The summed E-state index contributed by atoms with van der Waals surface area (Å²) in [5, 5.41) is 3.40. The van der Waals surface area contributed by atoms with Gasteiger partial charge in [-0.25, -0.2) is 0 Å². The normalized spacial score (nSPS) is 23.1. The first kappa shape index (κ1) is 22.5. The highest BCUT2D eigenvalue weighted by Crippen LogP contribution is 2.19. The number of halogens is 1. The van der Waals surface area contributed by atoms with E-state index < -0.39 is 0 Å². The van der Waals surface area contributed by atoms with E-state index in [-0.39, 0.29) is 35.9 Å². The lowest BCUT2D eigenvalue weighted by molar-refractivity contribution is -0.146. The number of rotatable bonds is 5. The molecule has 0 amide bonds. The van der Waals surface area contributed by atoms with Crippen molar-refractivity contribution in [3.63, 3.8) is 0 Å². The average Bonchev–Trinajstić information content (AvgIpc) is 2.62. The van der Waals surface area contributed by atoms with Crippen LogP contribution in [0.1, 0.15) is 46.0 Å². The van der Waals surface area contributed by atoms with Crippen molar-refractivity contribution >= 4 is 35.9 Å². The Morgan fingerprint density at radius 3 is 2.52 bits per heavy atom. The average molecular weight is 466 g/mol. The van der Waals surface area contributed by atoms with Gasteiger partial charge in [-0.05, 0) is 46.1 Å². The van der Waals surface area contributed by atoms with Crippen LogP contribution in [0.4, 0.5) is 0 Å². The van der Waals surface area contributed by atoms with Gasteiger partial charge in [-0.1, -0.05) is 6.42 Å². The third kappa shape index (κ3) is 6.92. The van der Waals surface area contributed by atoms with Crippen LogP contribution in [0.15, 0.2) is 4.99 Å². The second-order valence-corrected chi connectivity index (χ2v) is 6.90. The Hall–Kier alpha value is -0.570. The molecule has 0 aromatic heterocycles. The van der Waals surface area contributed by atoms with E-state index in [0.29, 0.717) is 6.04 Å². The fourth-order valence-electron chi connectivity index (χ4n) is 3.69. The van der Waals surface area contributed by atoms with Gasteiger partial charge in [0.2, 0.25) is 0 Å². The zero-order valence-electron chi connectivity index (χ0n) is 16.0. The smallest absolute Gasteiger partial charge is 0.308 e. The van der Waals surface area contributed by atoms with Gasteiger partial charge in [0.05, 0.1) is 19.6 Å². The standard InChI is InChI=1S/C18H34N4O2.HI/c1-4-19-18(20-10-14-21-11-6-5-7-15(21)2)22-12-8-16(9-13-22)17(23)24-3;/h15-16H,4-14H2,1-3H3,(H,19,20);1H. The summed E-state index contributed by atoms with van der Waals surface area (Å²) in [5.74, 6) is 0.962. The lowest BCUT2D eigenvalue weighted by atomic mass is 9.97. The second kappa shape index (κ2) is 11.9. The molecule has 2 rings (SSSR count). The Morgan fingerprint density at radius 1 is 1.20 bits per heavy atom. The van der Waals surface area contributed by atoms with E-state index in [4.69, 9.17) is 9.73 Å². The van der Waals surface area contributed by atoms with Crippen LogP contribution in [-0.2, 0) is 9.53 Å². The van der Waals surface area contributed by atoms with Crippen molar-refractivity contribution < 1.29 is 9.53 Å². The number of hydrogen-bond donors (Lipinski definition) is 1. The maximum absolute atomic E-state index is 11.7. The molecule has 0 aromatic carbocycles. The van der Waals surface area contributed by atoms with Gasteiger partial charge >= 0.3 is 5.97 Å². The van der Waals surface area contributed by atoms with Crippen LogP contribution in [0.5, 0.6) is 0 Å². The fourth-order valence-corrected chi connectivity index (χ4v) is 3.69. The van der Waals surface area contributed by atoms with Crippen molar-refractivity contribution in [2.75, 3.05) is 46.4 Å². The van der Waals surface area contributed by atoms with Gasteiger partial charge in [0, 0.05) is 32.2 Å². The first-order valence-electron chi connectivity index (χ1n) is 9.50. The Balaban J connectivity index is 0.00000312. The number of hydrogen-bond acceptors (Lipinski definition) is 4. The van der Waals surface area contributed by atoms with E-state index >= 15 is 0 Å². The summed E-state index contributed by atoms with van der Waals surface area (Å²) in [6, 6.07) is 0.687. The van der Waals surface area contributed by atoms with Crippen LogP contribution < -0.4 is 5.32 Å². The first-order valence-corrected chi connectivity index (χ1v) is 9.50. The lowest BCUT2D eigenvalue weighted by Crippen LogP contribution is -2.47. The Morgan fingerprint density at radius 2 is 1.92 bits per heavy atom.